The van der Waals surface area contributed by atoms with E-state index in [1.54, 1.807) is 17.6 Å². The number of aromatic nitrogens is 2. The minimum atomic E-state index is -0.0738. The predicted octanol–water partition coefficient (Wildman–Crippen LogP) is 2.81. The highest BCUT2D eigenvalue weighted by Crippen LogP contribution is 2.33. The van der Waals surface area contributed by atoms with Crippen LogP contribution in [0, 0.1) is 0 Å². The van der Waals surface area contributed by atoms with Crippen LogP contribution in [0.5, 0.6) is 0 Å². The van der Waals surface area contributed by atoms with E-state index in [4.69, 9.17) is 4.42 Å². The van der Waals surface area contributed by atoms with Gasteiger partial charge < -0.3 is 14.7 Å². The molecule has 1 atom stereocenters. The Morgan fingerprint density at radius 1 is 1.38 bits per heavy atom. The van der Waals surface area contributed by atoms with Crippen molar-refractivity contribution in [3.63, 3.8) is 0 Å². The Kier molecular flexibility index (Phi) is 5.82. The van der Waals surface area contributed by atoms with Gasteiger partial charge in [0.15, 0.2) is 0 Å². The lowest BCUT2D eigenvalue weighted by Crippen LogP contribution is -2.34. The number of carbonyl (C=O) groups excluding carboxylic acids is 1. The first-order valence-corrected chi connectivity index (χ1v) is 10.8. The summed E-state index contributed by atoms with van der Waals surface area (Å²) in [7, 11) is 3.90. The number of amides is 1. The number of carbonyl (C=O) groups is 1. The molecule has 0 radical (unpaired) electrons. The topological polar surface area (TPSA) is 91.2 Å². The van der Waals surface area contributed by atoms with Crippen molar-refractivity contribution < 1.29 is 9.21 Å². The zero-order valence-corrected chi connectivity index (χ0v) is 17.6. The smallest absolute Gasteiger partial charge is 0.259 e. The van der Waals surface area contributed by atoms with Gasteiger partial charge in [-0.2, -0.15) is 0 Å². The Balaban J connectivity index is 1.39. The van der Waals surface area contributed by atoms with E-state index >= 15 is 0 Å². The van der Waals surface area contributed by atoms with Gasteiger partial charge in [-0.15, -0.1) is 11.3 Å². The second-order valence-corrected chi connectivity index (χ2v) is 8.79. The zero-order valence-electron chi connectivity index (χ0n) is 16.8. The summed E-state index contributed by atoms with van der Waals surface area (Å²) in [5.74, 6) is 1.32. The average Bonchev–Trinajstić information content (AvgIpc) is 3.34. The first-order valence-electron chi connectivity index (χ1n) is 10.0. The van der Waals surface area contributed by atoms with Gasteiger partial charge in [0, 0.05) is 24.3 Å². The van der Waals surface area contributed by atoms with Crippen LogP contribution >= 0.6 is 11.3 Å². The lowest BCUT2D eigenvalue weighted by atomic mass is 9.97. The fraction of sp³-hybridized carbons (Fsp3) is 0.476. The molecule has 7 nitrogen and oxygen atoms in total. The highest BCUT2D eigenvalue weighted by molar-refractivity contribution is 7.18. The molecule has 0 fully saturated rings. The number of fused-ring (bicyclic) bond motifs is 3. The standard InChI is InChI=1S/C21H26N4O3S/c1-25(2)14(15-7-5-11-28-15)12-22-18(26)10-9-17-23-20(27)19-13-6-3-4-8-16(13)29-21(19)24-17/h5,7,11,14H,3-4,6,8-10,12H2,1-2H3,(H,22,26)(H,23,24,27). The number of H-pyrrole nitrogens is 1. The molecule has 154 valence electrons. The summed E-state index contributed by atoms with van der Waals surface area (Å²) >= 11 is 1.63. The van der Waals surface area contributed by atoms with E-state index < -0.39 is 0 Å². The van der Waals surface area contributed by atoms with Crippen molar-refractivity contribution in [3.8, 4) is 0 Å². The van der Waals surface area contributed by atoms with Gasteiger partial charge in [-0.25, -0.2) is 4.98 Å². The molecule has 0 aliphatic heterocycles. The maximum Gasteiger partial charge on any atom is 0.259 e. The lowest BCUT2D eigenvalue weighted by Gasteiger charge is -2.22. The van der Waals surface area contributed by atoms with Crippen molar-refractivity contribution in [2.24, 2.45) is 0 Å². The van der Waals surface area contributed by atoms with Crippen LogP contribution in [0.1, 0.15) is 47.3 Å². The fourth-order valence-corrected chi connectivity index (χ4v) is 5.16. The van der Waals surface area contributed by atoms with Crippen molar-refractivity contribution >= 4 is 27.5 Å². The fourth-order valence-electron chi connectivity index (χ4n) is 3.88. The van der Waals surface area contributed by atoms with Crippen LogP contribution in [0.25, 0.3) is 10.2 Å². The number of nitrogens with zero attached hydrogens (tertiary/aromatic N) is 2. The van der Waals surface area contributed by atoms with Crippen molar-refractivity contribution in [3.05, 3.63) is 50.8 Å². The van der Waals surface area contributed by atoms with Crippen molar-refractivity contribution in [1.82, 2.24) is 20.2 Å². The number of furan rings is 1. The zero-order chi connectivity index (χ0) is 20.4. The van der Waals surface area contributed by atoms with Crippen LogP contribution < -0.4 is 10.9 Å². The van der Waals surface area contributed by atoms with Crippen LogP contribution in [-0.2, 0) is 24.1 Å². The molecule has 1 aliphatic carbocycles. The molecular formula is C21H26N4O3S. The molecule has 0 saturated carbocycles. The normalized spacial score (nSPS) is 14.9. The molecule has 0 saturated heterocycles. The number of aryl methyl sites for hydroxylation is 3. The number of nitrogens with one attached hydrogen (secondary N) is 2. The largest absolute Gasteiger partial charge is 0.468 e. The van der Waals surface area contributed by atoms with E-state index in [-0.39, 0.29) is 23.9 Å². The number of thiophene rings is 1. The summed E-state index contributed by atoms with van der Waals surface area (Å²) in [4.78, 5) is 36.6. The molecule has 8 heteroatoms. The Hall–Kier alpha value is -2.45. The van der Waals surface area contributed by atoms with Crippen LogP contribution in [0.2, 0.25) is 0 Å². The summed E-state index contributed by atoms with van der Waals surface area (Å²) in [5.41, 5.74) is 1.11. The van der Waals surface area contributed by atoms with Gasteiger partial charge in [0.2, 0.25) is 5.91 Å². The molecular weight excluding hydrogens is 388 g/mol. The number of likely N-dealkylation sites (N-methyl/N-ethyl adjacent to an activating group) is 1. The van der Waals surface area contributed by atoms with Gasteiger partial charge in [-0.1, -0.05) is 0 Å². The predicted molar refractivity (Wildman–Crippen MR) is 113 cm³/mol. The van der Waals surface area contributed by atoms with Crippen LogP contribution in [-0.4, -0.2) is 41.4 Å². The summed E-state index contributed by atoms with van der Waals surface area (Å²) < 4.78 is 5.47. The van der Waals surface area contributed by atoms with Crippen molar-refractivity contribution in [2.75, 3.05) is 20.6 Å². The maximum absolute atomic E-state index is 12.6. The van der Waals surface area contributed by atoms with Gasteiger partial charge in [-0.05, 0) is 57.5 Å². The molecule has 2 N–H and O–H groups in total. The third-order valence-corrected chi connectivity index (χ3v) is 6.64. The summed E-state index contributed by atoms with van der Waals surface area (Å²) in [6.45, 7) is 0.458. The molecule has 0 spiro atoms. The SMILES string of the molecule is CN(C)C(CNC(=O)CCc1nc2sc3c(c2c(=O)[nH]1)CCCC3)c1ccco1. The molecule has 3 heterocycles. The van der Waals surface area contributed by atoms with E-state index in [0.29, 0.717) is 18.8 Å². The summed E-state index contributed by atoms with van der Waals surface area (Å²) in [5, 5.41) is 3.71. The molecule has 3 aromatic rings. The Morgan fingerprint density at radius 2 is 2.21 bits per heavy atom. The van der Waals surface area contributed by atoms with Gasteiger partial charge in [0.25, 0.3) is 5.56 Å². The van der Waals surface area contributed by atoms with Gasteiger partial charge in [0.1, 0.15) is 16.4 Å². The van der Waals surface area contributed by atoms with E-state index in [9.17, 15) is 9.59 Å². The minimum Gasteiger partial charge on any atom is -0.468 e. The first kappa shape index (κ1) is 19.8. The van der Waals surface area contributed by atoms with Gasteiger partial charge in [-0.3, -0.25) is 14.5 Å². The number of hydrogen-bond donors (Lipinski definition) is 2. The van der Waals surface area contributed by atoms with Gasteiger partial charge >= 0.3 is 0 Å². The summed E-state index contributed by atoms with van der Waals surface area (Å²) in [6.07, 6.45) is 6.63. The van der Waals surface area contributed by atoms with E-state index in [0.717, 1.165) is 35.2 Å². The minimum absolute atomic E-state index is 0.0272. The average molecular weight is 415 g/mol. The van der Waals surface area contributed by atoms with E-state index in [1.165, 1.54) is 16.9 Å². The molecule has 29 heavy (non-hydrogen) atoms. The maximum atomic E-state index is 12.6. The Bertz CT molecular complexity index is 1050. The number of aromatic amines is 1. The molecule has 1 unspecified atom stereocenters. The lowest BCUT2D eigenvalue weighted by molar-refractivity contribution is -0.121. The van der Waals surface area contributed by atoms with Crippen LogP contribution in [0.15, 0.2) is 27.6 Å². The van der Waals surface area contributed by atoms with E-state index in [2.05, 4.69) is 15.3 Å². The number of rotatable bonds is 7. The third-order valence-electron chi connectivity index (χ3n) is 5.45. The van der Waals surface area contributed by atoms with Crippen LogP contribution in [0.4, 0.5) is 0 Å². The second-order valence-electron chi connectivity index (χ2n) is 7.70. The van der Waals surface area contributed by atoms with Crippen molar-refractivity contribution in [2.45, 2.75) is 44.6 Å². The Morgan fingerprint density at radius 3 is 2.97 bits per heavy atom. The molecule has 3 aromatic heterocycles. The first-order chi connectivity index (χ1) is 14.0. The third kappa shape index (κ3) is 4.28. The summed E-state index contributed by atoms with van der Waals surface area (Å²) in [6, 6.07) is 3.72. The van der Waals surface area contributed by atoms with Crippen molar-refractivity contribution in [1.29, 1.82) is 0 Å². The van der Waals surface area contributed by atoms with Crippen LogP contribution in [0.3, 0.4) is 0 Å². The highest BCUT2D eigenvalue weighted by atomic mass is 32.1. The van der Waals surface area contributed by atoms with Gasteiger partial charge in [0.05, 0.1) is 17.7 Å². The molecule has 1 amide bonds. The second kappa shape index (κ2) is 8.51. The highest BCUT2D eigenvalue weighted by Gasteiger charge is 2.20. The molecule has 0 aromatic carbocycles. The van der Waals surface area contributed by atoms with E-state index in [1.807, 2.05) is 31.1 Å². The monoisotopic (exact) mass is 414 g/mol. The molecule has 0 bridgehead atoms. The quantitative estimate of drug-likeness (QED) is 0.620. The number of hydrogen-bond acceptors (Lipinski definition) is 6. The molecule has 1 aliphatic rings. The molecule has 4 rings (SSSR count). The Labute approximate surface area is 173 Å².